The van der Waals surface area contributed by atoms with Gasteiger partial charge >= 0.3 is 0 Å². The molecule has 0 radical (unpaired) electrons. The molecule has 0 saturated heterocycles. The average Bonchev–Trinajstić information content (AvgIpc) is 2.30. The summed E-state index contributed by atoms with van der Waals surface area (Å²) in [4.78, 5) is -0.313. The van der Waals surface area contributed by atoms with Crippen molar-refractivity contribution in [1.82, 2.24) is 4.72 Å². The summed E-state index contributed by atoms with van der Waals surface area (Å²) in [6.45, 7) is 3.15. The van der Waals surface area contributed by atoms with Gasteiger partial charge in [-0.25, -0.2) is 17.5 Å². The number of hydrogen-bond acceptors (Lipinski definition) is 4. The fourth-order valence-corrected chi connectivity index (χ4v) is 3.32. The third kappa shape index (κ3) is 3.79. The van der Waals surface area contributed by atoms with E-state index in [1.807, 2.05) is 0 Å². The molecule has 0 aliphatic carbocycles. The monoisotopic (exact) mass is 310 g/mol. The van der Waals surface area contributed by atoms with E-state index in [2.05, 4.69) is 4.72 Å². The molecular formula is C11H16ClFN2O3S. The zero-order chi connectivity index (χ0) is 14.8. The second kappa shape index (κ2) is 6.04. The third-order valence-electron chi connectivity index (χ3n) is 2.65. The van der Waals surface area contributed by atoms with Crippen LogP contribution in [0, 0.1) is 11.7 Å². The normalized spacial score (nSPS) is 13.8. The number of aliphatic hydroxyl groups is 1. The molecular weight excluding hydrogens is 295 g/mol. The summed E-state index contributed by atoms with van der Waals surface area (Å²) in [5, 5.41) is 8.87. The summed E-state index contributed by atoms with van der Waals surface area (Å²) in [6.07, 6.45) is 0. The second-order valence-electron chi connectivity index (χ2n) is 4.46. The van der Waals surface area contributed by atoms with E-state index in [9.17, 15) is 12.8 Å². The largest absolute Gasteiger partial charge is 0.396 e. The summed E-state index contributed by atoms with van der Waals surface area (Å²) < 4.78 is 39.7. The first-order valence-corrected chi connectivity index (χ1v) is 7.43. The number of benzene rings is 1. The van der Waals surface area contributed by atoms with Crippen LogP contribution in [0.3, 0.4) is 0 Å². The predicted molar refractivity (Wildman–Crippen MR) is 71.9 cm³/mol. The zero-order valence-corrected chi connectivity index (χ0v) is 12.1. The van der Waals surface area contributed by atoms with Gasteiger partial charge in [-0.2, -0.15) is 0 Å². The Morgan fingerprint density at radius 3 is 2.53 bits per heavy atom. The molecule has 0 aliphatic heterocycles. The van der Waals surface area contributed by atoms with Crippen molar-refractivity contribution in [1.29, 1.82) is 0 Å². The molecule has 0 amide bonds. The van der Waals surface area contributed by atoms with Crippen LogP contribution in [-0.2, 0) is 10.0 Å². The highest BCUT2D eigenvalue weighted by Gasteiger charge is 2.25. The number of nitrogens with one attached hydrogen (secondary N) is 1. The second-order valence-corrected chi connectivity index (χ2v) is 6.55. The highest BCUT2D eigenvalue weighted by Crippen LogP contribution is 2.26. The molecule has 0 spiro atoms. The molecule has 19 heavy (non-hydrogen) atoms. The topological polar surface area (TPSA) is 92.4 Å². The van der Waals surface area contributed by atoms with Gasteiger partial charge in [-0.15, -0.1) is 0 Å². The number of hydrogen-bond donors (Lipinski definition) is 3. The van der Waals surface area contributed by atoms with E-state index in [1.165, 1.54) is 0 Å². The maximum Gasteiger partial charge on any atom is 0.242 e. The Hall–Kier alpha value is -0.890. The SMILES string of the molecule is CC(C)[C@@H](CO)NS(=O)(=O)c1cc(N)c(F)cc1Cl. The van der Waals surface area contributed by atoms with Crippen LogP contribution in [0.1, 0.15) is 13.8 Å². The number of nitrogen functional groups attached to an aromatic ring is 1. The molecule has 1 aromatic rings. The van der Waals surface area contributed by atoms with Gasteiger partial charge in [0.05, 0.1) is 17.3 Å². The first kappa shape index (κ1) is 16.2. The van der Waals surface area contributed by atoms with Crippen molar-refractivity contribution >= 4 is 27.3 Å². The van der Waals surface area contributed by atoms with Crippen LogP contribution in [0.5, 0.6) is 0 Å². The van der Waals surface area contributed by atoms with Gasteiger partial charge in [0, 0.05) is 6.04 Å². The minimum atomic E-state index is -3.98. The maximum absolute atomic E-state index is 13.1. The van der Waals surface area contributed by atoms with Crippen molar-refractivity contribution in [2.24, 2.45) is 5.92 Å². The predicted octanol–water partition coefficient (Wildman–Crippen LogP) is 1.36. The molecule has 8 heteroatoms. The Morgan fingerprint density at radius 1 is 1.47 bits per heavy atom. The number of nitrogens with two attached hydrogens (primary N) is 1. The van der Waals surface area contributed by atoms with Gasteiger partial charge in [-0.05, 0) is 18.1 Å². The fraction of sp³-hybridized carbons (Fsp3) is 0.455. The van der Waals surface area contributed by atoms with Crippen molar-refractivity contribution in [3.63, 3.8) is 0 Å². The quantitative estimate of drug-likeness (QED) is 0.716. The van der Waals surface area contributed by atoms with Gasteiger partial charge in [-0.3, -0.25) is 0 Å². The van der Waals surface area contributed by atoms with Crippen molar-refractivity contribution in [2.75, 3.05) is 12.3 Å². The summed E-state index contributed by atoms with van der Waals surface area (Å²) in [5.74, 6) is -0.900. The van der Waals surface area contributed by atoms with Crippen LogP contribution in [0.25, 0.3) is 0 Å². The van der Waals surface area contributed by atoms with Gasteiger partial charge in [0.15, 0.2) is 0 Å². The van der Waals surface area contributed by atoms with Gasteiger partial charge in [-0.1, -0.05) is 25.4 Å². The van der Waals surface area contributed by atoms with Crippen molar-refractivity contribution < 1.29 is 17.9 Å². The molecule has 1 aromatic carbocycles. The lowest BCUT2D eigenvalue weighted by Crippen LogP contribution is -2.41. The number of sulfonamides is 1. The number of aliphatic hydroxyl groups excluding tert-OH is 1. The minimum Gasteiger partial charge on any atom is -0.396 e. The maximum atomic E-state index is 13.1. The van der Waals surface area contributed by atoms with E-state index in [0.29, 0.717) is 0 Å². The average molecular weight is 311 g/mol. The molecule has 1 rings (SSSR count). The van der Waals surface area contributed by atoms with Crippen LogP contribution in [-0.4, -0.2) is 26.2 Å². The smallest absolute Gasteiger partial charge is 0.242 e. The van der Waals surface area contributed by atoms with Crippen LogP contribution in [0.2, 0.25) is 5.02 Å². The van der Waals surface area contributed by atoms with Crippen LogP contribution >= 0.6 is 11.6 Å². The molecule has 0 aromatic heterocycles. The lowest BCUT2D eigenvalue weighted by Gasteiger charge is -2.20. The molecule has 0 bridgehead atoms. The van der Waals surface area contributed by atoms with Gasteiger partial charge in [0.25, 0.3) is 0 Å². The summed E-state index contributed by atoms with van der Waals surface area (Å²) in [5.41, 5.74) is 5.02. The Labute approximate surface area is 116 Å². The Morgan fingerprint density at radius 2 is 2.05 bits per heavy atom. The third-order valence-corrected chi connectivity index (χ3v) is 4.60. The Balaban J connectivity index is 3.17. The molecule has 0 fully saturated rings. The molecule has 0 unspecified atom stereocenters. The van der Waals surface area contributed by atoms with Gasteiger partial charge in [0.2, 0.25) is 10.0 Å². The molecule has 0 aliphatic rings. The summed E-state index contributed by atoms with van der Waals surface area (Å²) >= 11 is 5.72. The number of anilines is 1. The van der Waals surface area contributed by atoms with E-state index < -0.39 is 21.9 Å². The van der Waals surface area contributed by atoms with Crippen molar-refractivity contribution in [2.45, 2.75) is 24.8 Å². The first-order chi connectivity index (χ1) is 8.69. The minimum absolute atomic E-state index is 0.114. The lowest BCUT2D eigenvalue weighted by molar-refractivity contribution is 0.227. The van der Waals surface area contributed by atoms with Crippen LogP contribution in [0.15, 0.2) is 17.0 Å². The Bertz CT molecular complexity index is 563. The van der Waals surface area contributed by atoms with Gasteiger partial charge in [0.1, 0.15) is 10.7 Å². The van der Waals surface area contributed by atoms with E-state index in [0.717, 1.165) is 12.1 Å². The van der Waals surface area contributed by atoms with Crippen molar-refractivity contribution in [3.05, 3.63) is 23.0 Å². The highest BCUT2D eigenvalue weighted by molar-refractivity contribution is 7.89. The number of rotatable bonds is 5. The summed E-state index contributed by atoms with van der Waals surface area (Å²) in [7, 11) is -3.98. The fourth-order valence-electron chi connectivity index (χ4n) is 1.40. The van der Waals surface area contributed by atoms with E-state index in [4.69, 9.17) is 22.4 Å². The van der Waals surface area contributed by atoms with E-state index >= 15 is 0 Å². The Kier molecular flexibility index (Phi) is 5.14. The van der Waals surface area contributed by atoms with E-state index in [1.54, 1.807) is 13.8 Å². The van der Waals surface area contributed by atoms with Crippen LogP contribution in [0.4, 0.5) is 10.1 Å². The zero-order valence-electron chi connectivity index (χ0n) is 10.5. The molecule has 1 atom stereocenters. The molecule has 4 N–H and O–H groups in total. The molecule has 108 valence electrons. The summed E-state index contributed by atoms with van der Waals surface area (Å²) in [6, 6.07) is 1.14. The lowest BCUT2D eigenvalue weighted by atomic mass is 10.1. The van der Waals surface area contributed by atoms with Crippen LogP contribution < -0.4 is 10.5 Å². The molecule has 5 nitrogen and oxygen atoms in total. The standard InChI is InChI=1S/C11H16ClFN2O3S/c1-6(2)10(5-16)15-19(17,18)11-4-9(14)8(13)3-7(11)12/h3-4,6,10,15-16H,5,14H2,1-2H3/t10-/m1/s1. The first-order valence-electron chi connectivity index (χ1n) is 5.56. The molecule has 0 heterocycles. The van der Waals surface area contributed by atoms with Gasteiger partial charge < -0.3 is 10.8 Å². The highest BCUT2D eigenvalue weighted by atomic mass is 35.5. The van der Waals surface area contributed by atoms with Crippen molar-refractivity contribution in [3.8, 4) is 0 Å². The number of halogens is 2. The molecule has 0 saturated carbocycles. The van der Waals surface area contributed by atoms with E-state index in [-0.39, 0.29) is 28.1 Å².